The molecule has 2 aromatic rings. The van der Waals surface area contributed by atoms with E-state index in [-0.39, 0.29) is 11.7 Å². The van der Waals surface area contributed by atoms with E-state index >= 15 is 0 Å². The molecule has 0 bridgehead atoms. The zero-order valence-corrected chi connectivity index (χ0v) is 12.0. The lowest BCUT2D eigenvalue weighted by molar-refractivity contribution is 0.496. The lowest BCUT2D eigenvalue weighted by atomic mass is 10.1. The van der Waals surface area contributed by atoms with E-state index in [1.807, 2.05) is 18.2 Å². The summed E-state index contributed by atoms with van der Waals surface area (Å²) in [6.07, 6.45) is 1.62. The molecule has 1 atom stereocenters. The van der Waals surface area contributed by atoms with Crippen molar-refractivity contribution in [3.63, 3.8) is 0 Å². The third kappa shape index (κ3) is 2.42. The van der Waals surface area contributed by atoms with Crippen LogP contribution in [0.4, 0.5) is 18.9 Å². The summed E-state index contributed by atoms with van der Waals surface area (Å²) in [6, 6.07) is 7.25. The van der Waals surface area contributed by atoms with Crippen molar-refractivity contribution < 1.29 is 13.2 Å². The molecule has 1 aliphatic rings. The maximum atomic E-state index is 13.7. The van der Waals surface area contributed by atoms with Crippen LogP contribution in [0.2, 0.25) is 0 Å². The highest BCUT2D eigenvalue weighted by atomic mass is 79.9. The molecule has 0 radical (unpaired) electrons. The van der Waals surface area contributed by atoms with Crippen LogP contribution < -0.4 is 5.32 Å². The summed E-state index contributed by atoms with van der Waals surface area (Å²) in [5.41, 5.74) is 2.06. The minimum Gasteiger partial charge on any atom is -0.376 e. The van der Waals surface area contributed by atoms with Gasteiger partial charge in [-0.2, -0.15) is 0 Å². The normalized spacial score (nSPS) is 17.1. The van der Waals surface area contributed by atoms with Crippen LogP contribution >= 0.6 is 15.9 Å². The Bertz CT molecular complexity index is 672. The van der Waals surface area contributed by atoms with Crippen molar-refractivity contribution in [1.29, 1.82) is 0 Å². The van der Waals surface area contributed by atoms with Gasteiger partial charge in [-0.05, 0) is 36.1 Å². The van der Waals surface area contributed by atoms with Crippen molar-refractivity contribution in [2.75, 3.05) is 5.32 Å². The molecule has 0 saturated heterocycles. The van der Waals surface area contributed by atoms with E-state index in [4.69, 9.17) is 0 Å². The minimum absolute atomic E-state index is 0.131. The van der Waals surface area contributed by atoms with Gasteiger partial charge in [0.2, 0.25) is 0 Å². The summed E-state index contributed by atoms with van der Waals surface area (Å²) < 4.78 is 41.0. The molecule has 1 unspecified atom stereocenters. The van der Waals surface area contributed by atoms with E-state index < -0.39 is 17.5 Å². The molecule has 0 aliphatic heterocycles. The summed E-state index contributed by atoms with van der Waals surface area (Å²) in [5, 5.41) is 2.90. The molecule has 1 aliphatic carbocycles. The van der Waals surface area contributed by atoms with Crippen molar-refractivity contribution in [1.82, 2.24) is 0 Å². The fourth-order valence-electron chi connectivity index (χ4n) is 2.58. The van der Waals surface area contributed by atoms with Gasteiger partial charge in [0.05, 0.1) is 11.7 Å². The second-order valence-electron chi connectivity index (χ2n) is 4.83. The molecular weight excluding hydrogens is 331 g/mol. The van der Waals surface area contributed by atoms with E-state index in [0.29, 0.717) is 6.07 Å². The molecule has 5 heteroatoms. The van der Waals surface area contributed by atoms with E-state index in [9.17, 15) is 13.2 Å². The van der Waals surface area contributed by atoms with Crippen LogP contribution in [0.3, 0.4) is 0 Å². The third-order valence-electron chi connectivity index (χ3n) is 3.51. The van der Waals surface area contributed by atoms with Crippen LogP contribution in [0, 0.1) is 17.5 Å². The Morgan fingerprint density at radius 3 is 2.70 bits per heavy atom. The number of rotatable bonds is 2. The predicted molar refractivity (Wildman–Crippen MR) is 75.1 cm³/mol. The van der Waals surface area contributed by atoms with Crippen molar-refractivity contribution >= 4 is 21.6 Å². The Kier molecular flexibility index (Phi) is 3.46. The van der Waals surface area contributed by atoms with E-state index in [2.05, 4.69) is 21.2 Å². The molecule has 104 valence electrons. The SMILES string of the molecule is Fc1cc(F)c(F)c(NC2CCc3cc(Br)ccc32)c1. The van der Waals surface area contributed by atoms with Gasteiger partial charge in [-0.15, -0.1) is 0 Å². The predicted octanol–water partition coefficient (Wildman–Crippen LogP) is 4.97. The lowest BCUT2D eigenvalue weighted by Gasteiger charge is -2.16. The second-order valence-corrected chi connectivity index (χ2v) is 5.74. The lowest BCUT2D eigenvalue weighted by Crippen LogP contribution is -2.09. The van der Waals surface area contributed by atoms with Crippen molar-refractivity contribution in [3.05, 3.63) is 63.4 Å². The quantitative estimate of drug-likeness (QED) is 0.760. The van der Waals surface area contributed by atoms with Gasteiger partial charge < -0.3 is 5.32 Å². The topological polar surface area (TPSA) is 12.0 Å². The zero-order valence-electron chi connectivity index (χ0n) is 10.4. The first-order valence-corrected chi connectivity index (χ1v) is 7.03. The number of hydrogen-bond donors (Lipinski definition) is 1. The Morgan fingerprint density at radius 1 is 1.10 bits per heavy atom. The van der Waals surface area contributed by atoms with Crippen LogP contribution in [0.5, 0.6) is 0 Å². The average molecular weight is 342 g/mol. The molecular formula is C15H11BrF3N. The van der Waals surface area contributed by atoms with Crippen LogP contribution in [0.1, 0.15) is 23.6 Å². The Morgan fingerprint density at radius 2 is 1.90 bits per heavy atom. The highest BCUT2D eigenvalue weighted by Gasteiger charge is 2.24. The number of benzene rings is 2. The molecule has 0 aromatic heterocycles. The van der Waals surface area contributed by atoms with Gasteiger partial charge in [0.15, 0.2) is 11.6 Å². The first-order valence-electron chi connectivity index (χ1n) is 6.24. The number of aryl methyl sites for hydroxylation is 1. The zero-order chi connectivity index (χ0) is 14.3. The van der Waals surface area contributed by atoms with E-state index in [1.54, 1.807) is 0 Å². The molecule has 2 aromatic carbocycles. The number of halogens is 4. The largest absolute Gasteiger partial charge is 0.376 e. The second kappa shape index (κ2) is 5.13. The van der Waals surface area contributed by atoms with Crippen LogP contribution in [0.15, 0.2) is 34.8 Å². The van der Waals surface area contributed by atoms with Crippen molar-refractivity contribution in [2.45, 2.75) is 18.9 Å². The summed E-state index contributed by atoms with van der Waals surface area (Å²) in [5.74, 6) is -3.01. The van der Waals surface area contributed by atoms with Gasteiger partial charge in [-0.3, -0.25) is 0 Å². The monoisotopic (exact) mass is 341 g/mol. The Labute approximate surface area is 122 Å². The standard InChI is InChI=1S/C15H11BrF3N/c16-9-2-3-11-8(5-9)1-4-13(11)20-14-7-10(17)6-12(18)15(14)19/h2-3,5-7,13,20H,1,4H2. The first kappa shape index (κ1) is 13.5. The van der Waals surface area contributed by atoms with Gasteiger partial charge in [0.1, 0.15) is 5.82 Å². The van der Waals surface area contributed by atoms with Gasteiger partial charge in [-0.1, -0.05) is 22.0 Å². The van der Waals surface area contributed by atoms with Crippen LogP contribution in [-0.4, -0.2) is 0 Å². The fraction of sp³-hybridized carbons (Fsp3) is 0.200. The summed E-state index contributed by atoms with van der Waals surface area (Å²) in [4.78, 5) is 0. The molecule has 0 amide bonds. The summed E-state index contributed by atoms with van der Waals surface area (Å²) >= 11 is 3.40. The number of nitrogens with one attached hydrogen (secondary N) is 1. The third-order valence-corrected chi connectivity index (χ3v) is 4.00. The van der Waals surface area contributed by atoms with Gasteiger partial charge in [-0.25, -0.2) is 13.2 Å². The number of hydrogen-bond acceptors (Lipinski definition) is 1. The van der Waals surface area contributed by atoms with Crippen molar-refractivity contribution in [2.24, 2.45) is 0 Å². The smallest absolute Gasteiger partial charge is 0.182 e. The van der Waals surface area contributed by atoms with E-state index in [1.165, 1.54) is 0 Å². The average Bonchev–Trinajstić information content (AvgIpc) is 2.77. The molecule has 0 spiro atoms. The summed E-state index contributed by atoms with van der Waals surface area (Å²) in [7, 11) is 0. The Balaban J connectivity index is 1.91. The molecule has 0 saturated carbocycles. The van der Waals surface area contributed by atoms with Gasteiger partial charge in [0.25, 0.3) is 0 Å². The highest BCUT2D eigenvalue weighted by molar-refractivity contribution is 9.10. The highest BCUT2D eigenvalue weighted by Crippen LogP contribution is 2.36. The minimum atomic E-state index is -1.18. The first-order chi connectivity index (χ1) is 9.54. The Hall–Kier alpha value is -1.49. The molecule has 1 nitrogen and oxygen atoms in total. The number of anilines is 1. The molecule has 0 fully saturated rings. The van der Waals surface area contributed by atoms with Crippen molar-refractivity contribution in [3.8, 4) is 0 Å². The number of fused-ring (bicyclic) bond motifs is 1. The molecule has 0 heterocycles. The molecule has 1 N–H and O–H groups in total. The van der Waals surface area contributed by atoms with E-state index in [0.717, 1.165) is 34.5 Å². The summed E-state index contributed by atoms with van der Waals surface area (Å²) in [6.45, 7) is 0. The fourth-order valence-corrected chi connectivity index (χ4v) is 2.99. The molecule has 20 heavy (non-hydrogen) atoms. The maximum Gasteiger partial charge on any atom is 0.182 e. The van der Waals surface area contributed by atoms with Gasteiger partial charge >= 0.3 is 0 Å². The van der Waals surface area contributed by atoms with Crippen LogP contribution in [-0.2, 0) is 6.42 Å². The van der Waals surface area contributed by atoms with Gasteiger partial charge in [0, 0.05) is 16.6 Å². The molecule has 3 rings (SSSR count). The van der Waals surface area contributed by atoms with Crippen LogP contribution in [0.25, 0.3) is 0 Å². The maximum absolute atomic E-state index is 13.7.